The predicted octanol–water partition coefficient (Wildman–Crippen LogP) is 4.77. The average molecular weight is 417 g/mol. The monoisotopic (exact) mass is 416 g/mol. The molecule has 4 heteroatoms. The number of carbonyl (C=O) groups is 2. The summed E-state index contributed by atoms with van der Waals surface area (Å²) in [7, 11) is 0. The van der Waals surface area contributed by atoms with Crippen LogP contribution in [0.25, 0.3) is 6.08 Å². The zero-order chi connectivity index (χ0) is 21.6. The Morgan fingerprint density at radius 1 is 0.968 bits per heavy atom. The fourth-order valence-corrected chi connectivity index (χ4v) is 4.45. The summed E-state index contributed by atoms with van der Waals surface area (Å²) in [5.74, 6) is 0.932. The third-order valence-corrected chi connectivity index (χ3v) is 6.65. The number of rotatable bonds is 7. The molecule has 0 aromatic heterocycles. The van der Waals surface area contributed by atoms with E-state index in [-0.39, 0.29) is 23.8 Å². The van der Waals surface area contributed by atoms with E-state index < -0.39 is 0 Å². The number of piperidine rings is 1. The van der Waals surface area contributed by atoms with Crippen molar-refractivity contribution in [1.82, 2.24) is 9.80 Å². The minimum absolute atomic E-state index is 0.00654. The van der Waals surface area contributed by atoms with Crippen LogP contribution in [-0.2, 0) is 16.1 Å². The van der Waals surface area contributed by atoms with Crippen molar-refractivity contribution in [2.75, 3.05) is 13.1 Å². The molecular weight excluding hydrogens is 384 g/mol. The Bertz CT molecular complexity index is 897. The van der Waals surface area contributed by atoms with Crippen LogP contribution in [0.4, 0.5) is 0 Å². The van der Waals surface area contributed by atoms with E-state index in [1.54, 1.807) is 6.08 Å². The first-order chi connectivity index (χ1) is 15.1. The maximum Gasteiger partial charge on any atom is 0.246 e. The van der Waals surface area contributed by atoms with Gasteiger partial charge in [0.1, 0.15) is 0 Å². The van der Waals surface area contributed by atoms with Crippen LogP contribution in [-0.4, -0.2) is 40.7 Å². The number of carbonyl (C=O) groups excluding carboxylic acids is 2. The molecule has 0 N–H and O–H groups in total. The van der Waals surface area contributed by atoms with Gasteiger partial charge in [0, 0.05) is 37.7 Å². The molecule has 2 aromatic carbocycles. The van der Waals surface area contributed by atoms with Crippen LogP contribution < -0.4 is 0 Å². The number of amides is 2. The molecule has 2 aliphatic rings. The Morgan fingerprint density at radius 2 is 1.58 bits per heavy atom. The van der Waals surface area contributed by atoms with E-state index in [2.05, 4.69) is 24.0 Å². The molecule has 162 valence electrons. The number of likely N-dealkylation sites (tertiary alicyclic amines) is 1. The van der Waals surface area contributed by atoms with Crippen LogP contribution in [0.1, 0.15) is 43.7 Å². The van der Waals surface area contributed by atoms with E-state index in [4.69, 9.17) is 0 Å². The lowest BCUT2D eigenvalue weighted by molar-refractivity contribution is -0.142. The van der Waals surface area contributed by atoms with E-state index in [1.165, 1.54) is 18.4 Å². The molecule has 31 heavy (non-hydrogen) atoms. The highest BCUT2D eigenvalue weighted by molar-refractivity contribution is 5.92. The number of benzene rings is 2. The topological polar surface area (TPSA) is 40.6 Å². The second-order valence-corrected chi connectivity index (χ2v) is 8.87. The van der Waals surface area contributed by atoms with E-state index in [0.717, 1.165) is 18.4 Å². The second kappa shape index (κ2) is 9.95. The normalized spacial score (nSPS) is 18.2. The fourth-order valence-electron chi connectivity index (χ4n) is 4.45. The number of nitrogens with zero attached hydrogens (tertiary/aromatic N) is 2. The van der Waals surface area contributed by atoms with Gasteiger partial charge in [-0.3, -0.25) is 9.59 Å². The standard InChI is InChI=1S/C27H32N2O2/c1-21(24-13-14-24)29(20-23-10-6-3-7-11-23)27(31)25-16-18-28(19-17-25)26(30)15-12-22-8-4-2-5-9-22/h2-12,15,21,24-25H,13-14,16-20H2,1H3. The second-order valence-electron chi connectivity index (χ2n) is 8.87. The van der Waals surface area contributed by atoms with Crippen molar-refractivity contribution in [2.45, 2.75) is 45.2 Å². The molecule has 1 heterocycles. The maximum absolute atomic E-state index is 13.5. The zero-order valence-corrected chi connectivity index (χ0v) is 18.3. The summed E-state index contributed by atoms with van der Waals surface area (Å²) in [6, 6.07) is 20.4. The predicted molar refractivity (Wildman–Crippen MR) is 124 cm³/mol. The van der Waals surface area contributed by atoms with Gasteiger partial charge in [0.05, 0.1) is 0 Å². The molecule has 1 saturated carbocycles. The SMILES string of the molecule is CC(C1CC1)N(Cc1ccccc1)C(=O)C1CCN(C(=O)C=Cc2ccccc2)CC1. The average Bonchev–Trinajstić information content (AvgIpc) is 3.67. The maximum atomic E-state index is 13.5. The quantitative estimate of drug-likeness (QED) is 0.610. The molecule has 2 amide bonds. The summed E-state index contributed by atoms with van der Waals surface area (Å²) in [4.78, 5) is 30.0. The molecule has 1 aliphatic heterocycles. The third-order valence-electron chi connectivity index (χ3n) is 6.65. The van der Waals surface area contributed by atoms with Gasteiger partial charge in [0.15, 0.2) is 0 Å². The first-order valence-corrected chi connectivity index (χ1v) is 11.5. The van der Waals surface area contributed by atoms with Crippen LogP contribution >= 0.6 is 0 Å². The van der Waals surface area contributed by atoms with Crippen LogP contribution in [0.2, 0.25) is 0 Å². The van der Waals surface area contributed by atoms with Crippen molar-refractivity contribution in [3.8, 4) is 0 Å². The van der Waals surface area contributed by atoms with E-state index >= 15 is 0 Å². The Morgan fingerprint density at radius 3 is 2.19 bits per heavy atom. The minimum Gasteiger partial charge on any atom is -0.339 e. The summed E-state index contributed by atoms with van der Waals surface area (Å²) in [6.07, 6.45) is 7.44. The summed E-state index contributed by atoms with van der Waals surface area (Å²) in [5.41, 5.74) is 2.20. The van der Waals surface area contributed by atoms with Gasteiger partial charge in [-0.1, -0.05) is 60.7 Å². The zero-order valence-electron chi connectivity index (χ0n) is 18.3. The first-order valence-electron chi connectivity index (χ1n) is 11.5. The van der Waals surface area contributed by atoms with Crippen molar-refractivity contribution in [2.24, 2.45) is 11.8 Å². The summed E-state index contributed by atoms with van der Waals surface area (Å²) < 4.78 is 0. The molecule has 4 nitrogen and oxygen atoms in total. The molecule has 0 radical (unpaired) electrons. The first kappa shape index (κ1) is 21.4. The molecular formula is C27H32N2O2. The third kappa shape index (κ3) is 5.63. The molecule has 0 spiro atoms. The fraction of sp³-hybridized carbons (Fsp3) is 0.407. The highest BCUT2D eigenvalue weighted by Gasteiger charge is 2.37. The van der Waals surface area contributed by atoms with E-state index in [9.17, 15) is 9.59 Å². The van der Waals surface area contributed by atoms with Crippen LogP contribution in [0.3, 0.4) is 0 Å². The van der Waals surface area contributed by atoms with Crippen molar-refractivity contribution in [3.05, 3.63) is 77.9 Å². The number of hydrogen-bond acceptors (Lipinski definition) is 2. The lowest BCUT2D eigenvalue weighted by Crippen LogP contribution is -2.47. The number of hydrogen-bond donors (Lipinski definition) is 0. The Kier molecular flexibility index (Phi) is 6.86. The van der Waals surface area contributed by atoms with Gasteiger partial charge in [-0.2, -0.15) is 0 Å². The Labute approximate surface area is 185 Å². The largest absolute Gasteiger partial charge is 0.339 e. The highest BCUT2D eigenvalue weighted by Crippen LogP contribution is 2.37. The minimum atomic E-state index is 0.00654. The van der Waals surface area contributed by atoms with Crippen molar-refractivity contribution in [1.29, 1.82) is 0 Å². The molecule has 0 bridgehead atoms. The summed E-state index contributed by atoms with van der Waals surface area (Å²) in [5, 5.41) is 0. The van der Waals surface area contributed by atoms with Gasteiger partial charge in [-0.15, -0.1) is 0 Å². The van der Waals surface area contributed by atoms with Gasteiger partial charge in [0.2, 0.25) is 11.8 Å². The van der Waals surface area contributed by atoms with E-state index in [0.29, 0.717) is 25.6 Å². The molecule has 1 unspecified atom stereocenters. The smallest absolute Gasteiger partial charge is 0.246 e. The molecule has 1 saturated heterocycles. The molecule has 2 aromatic rings. The van der Waals surface area contributed by atoms with Gasteiger partial charge >= 0.3 is 0 Å². The summed E-state index contributed by atoms with van der Waals surface area (Å²) in [6.45, 7) is 4.17. The van der Waals surface area contributed by atoms with Crippen LogP contribution in [0.5, 0.6) is 0 Å². The van der Waals surface area contributed by atoms with Gasteiger partial charge < -0.3 is 9.80 Å². The van der Waals surface area contributed by atoms with Crippen molar-refractivity contribution < 1.29 is 9.59 Å². The van der Waals surface area contributed by atoms with E-state index in [1.807, 2.05) is 59.5 Å². The highest BCUT2D eigenvalue weighted by atomic mass is 16.2. The van der Waals surface area contributed by atoms with Gasteiger partial charge in [-0.25, -0.2) is 0 Å². The molecule has 4 rings (SSSR count). The van der Waals surface area contributed by atoms with Crippen molar-refractivity contribution in [3.63, 3.8) is 0 Å². The van der Waals surface area contributed by atoms with Crippen LogP contribution in [0, 0.1) is 11.8 Å². The lowest BCUT2D eigenvalue weighted by atomic mass is 9.93. The van der Waals surface area contributed by atoms with Gasteiger partial charge in [0.25, 0.3) is 0 Å². The lowest BCUT2D eigenvalue weighted by Gasteiger charge is -2.36. The molecule has 1 atom stereocenters. The Balaban J connectivity index is 1.35. The van der Waals surface area contributed by atoms with Crippen LogP contribution in [0.15, 0.2) is 66.7 Å². The molecule has 2 fully saturated rings. The molecule has 1 aliphatic carbocycles. The Hall–Kier alpha value is -2.88. The summed E-state index contributed by atoms with van der Waals surface area (Å²) >= 11 is 0. The van der Waals surface area contributed by atoms with Gasteiger partial charge in [-0.05, 0) is 55.7 Å². The van der Waals surface area contributed by atoms with Crippen molar-refractivity contribution >= 4 is 17.9 Å².